The molecule has 1 aromatic heterocycles. The maximum Gasteiger partial charge on any atom is 0.281 e. The molecule has 0 saturated heterocycles. The van der Waals surface area contributed by atoms with Crippen LogP contribution in [0.1, 0.15) is 39.0 Å². The summed E-state index contributed by atoms with van der Waals surface area (Å²) in [6.45, 7) is 1.83. The van der Waals surface area contributed by atoms with Crippen molar-refractivity contribution in [3.05, 3.63) is 45.1 Å². The lowest BCUT2D eigenvalue weighted by molar-refractivity contribution is 0.0959. The molecule has 1 aliphatic carbocycles. The number of carbonyl (C=O) groups is 1. The third-order valence-corrected chi connectivity index (χ3v) is 5.33. The molecule has 0 radical (unpaired) electrons. The fraction of sp³-hybridized carbons (Fsp3) is 0.333. The van der Waals surface area contributed by atoms with E-state index < -0.39 is 0 Å². The number of hydrogen-bond acceptors (Lipinski definition) is 5. The van der Waals surface area contributed by atoms with E-state index >= 15 is 0 Å². The second kappa shape index (κ2) is 7.05. The molecule has 0 bridgehead atoms. The summed E-state index contributed by atoms with van der Waals surface area (Å²) in [5.74, 6) is 1.22. The van der Waals surface area contributed by atoms with Crippen LogP contribution < -0.4 is 14.9 Å². The first-order chi connectivity index (χ1) is 11.6. The van der Waals surface area contributed by atoms with Crippen LogP contribution in [0.2, 0.25) is 0 Å². The van der Waals surface area contributed by atoms with Gasteiger partial charge in [0.1, 0.15) is 11.5 Å². The Morgan fingerprint density at radius 2 is 2.04 bits per heavy atom. The van der Waals surface area contributed by atoms with Gasteiger partial charge in [-0.05, 0) is 56.0 Å². The number of hydrogen-bond donors (Lipinski definition) is 1. The van der Waals surface area contributed by atoms with E-state index in [0.29, 0.717) is 22.1 Å². The highest BCUT2D eigenvalue weighted by molar-refractivity contribution is 7.14. The van der Waals surface area contributed by atoms with E-state index in [1.165, 1.54) is 16.9 Å². The number of fused-ring (bicyclic) bond motifs is 1. The Morgan fingerprint density at radius 1 is 1.21 bits per heavy atom. The number of thiophene rings is 1. The Hall–Kier alpha value is -2.34. The van der Waals surface area contributed by atoms with Crippen LogP contribution in [0.3, 0.4) is 0 Å². The molecule has 1 N–H and O–H groups in total. The fourth-order valence-electron chi connectivity index (χ4n) is 2.79. The molecule has 0 aliphatic heterocycles. The third kappa shape index (κ3) is 3.28. The van der Waals surface area contributed by atoms with Crippen molar-refractivity contribution in [2.75, 3.05) is 14.2 Å². The van der Waals surface area contributed by atoms with Crippen molar-refractivity contribution in [2.24, 2.45) is 5.10 Å². The van der Waals surface area contributed by atoms with E-state index in [1.54, 1.807) is 25.6 Å². The Labute approximate surface area is 145 Å². The minimum Gasteiger partial charge on any atom is -0.497 e. The van der Waals surface area contributed by atoms with E-state index in [1.807, 2.05) is 31.2 Å². The highest BCUT2D eigenvalue weighted by Gasteiger charge is 2.18. The number of aryl methyl sites for hydroxylation is 2. The quantitative estimate of drug-likeness (QED) is 0.668. The summed E-state index contributed by atoms with van der Waals surface area (Å²) in [4.78, 5) is 14.3. The predicted molar refractivity (Wildman–Crippen MR) is 95.6 cm³/mol. The number of amides is 1. The van der Waals surface area contributed by atoms with E-state index in [-0.39, 0.29) is 5.91 Å². The molecular weight excluding hydrogens is 324 g/mol. The first-order valence-electron chi connectivity index (χ1n) is 7.81. The Kier molecular flexibility index (Phi) is 4.85. The zero-order valence-electron chi connectivity index (χ0n) is 14.0. The van der Waals surface area contributed by atoms with E-state index in [4.69, 9.17) is 9.47 Å². The van der Waals surface area contributed by atoms with Crippen molar-refractivity contribution >= 4 is 23.0 Å². The second-order valence-corrected chi connectivity index (χ2v) is 6.75. The lowest BCUT2D eigenvalue weighted by atomic mass is 10.1. The summed E-state index contributed by atoms with van der Waals surface area (Å²) in [7, 11) is 3.21. The number of carbonyl (C=O) groups excluding carboxylic acids is 1. The van der Waals surface area contributed by atoms with Crippen LogP contribution in [0.4, 0.5) is 0 Å². The van der Waals surface area contributed by atoms with Gasteiger partial charge >= 0.3 is 0 Å². The predicted octanol–water partition coefficient (Wildman–Crippen LogP) is 3.41. The normalized spacial score (nSPS) is 13.5. The number of hydrazone groups is 1. The van der Waals surface area contributed by atoms with Crippen molar-refractivity contribution in [3.8, 4) is 11.5 Å². The molecule has 5 nitrogen and oxygen atoms in total. The van der Waals surface area contributed by atoms with E-state index in [0.717, 1.165) is 18.4 Å². The highest BCUT2D eigenvalue weighted by atomic mass is 32.1. The van der Waals surface area contributed by atoms with Gasteiger partial charge in [0.05, 0.1) is 24.8 Å². The minimum absolute atomic E-state index is 0.171. The van der Waals surface area contributed by atoms with Gasteiger partial charge in [0.2, 0.25) is 0 Å². The zero-order chi connectivity index (χ0) is 17.1. The molecule has 1 amide bonds. The number of nitrogens with zero attached hydrogens (tertiary/aromatic N) is 1. The fourth-order valence-corrected chi connectivity index (χ4v) is 3.93. The largest absolute Gasteiger partial charge is 0.497 e. The Morgan fingerprint density at radius 3 is 2.75 bits per heavy atom. The molecule has 24 heavy (non-hydrogen) atoms. The van der Waals surface area contributed by atoms with Crippen LogP contribution in [0.25, 0.3) is 0 Å². The maximum absolute atomic E-state index is 12.3. The van der Waals surface area contributed by atoms with Crippen LogP contribution in [0, 0.1) is 0 Å². The van der Waals surface area contributed by atoms with Gasteiger partial charge in [-0.25, -0.2) is 5.43 Å². The molecule has 1 heterocycles. The SMILES string of the molecule is COc1ccc(OC)c(/C(C)=N\NC(=O)c2cc3c(s2)CCC3)c1. The van der Waals surface area contributed by atoms with Crippen LogP contribution in [0.15, 0.2) is 29.4 Å². The molecule has 0 atom stereocenters. The summed E-state index contributed by atoms with van der Waals surface area (Å²) in [6, 6.07) is 7.46. The topological polar surface area (TPSA) is 59.9 Å². The van der Waals surface area contributed by atoms with Crippen molar-refractivity contribution in [1.82, 2.24) is 5.43 Å². The average Bonchev–Trinajstić information content (AvgIpc) is 3.20. The molecular formula is C18H20N2O3S. The van der Waals surface area contributed by atoms with Gasteiger partial charge in [-0.2, -0.15) is 5.10 Å². The van der Waals surface area contributed by atoms with Crippen molar-refractivity contribution < 1.29 is 14.3 Å². The second-order valence-electron chi connectivity index (χ2n) is 5.62. The molecule has 3 rings (SSSR count). The van der Waals surface area contributed by atoms with Gasteiger partial charge in [-0.1, -0.05) is 0 Å². The Bertz CT molecular complexity index is 774. The summed E-state index contributed by atoms with van der Waals surface area (Å²) in [5, 5.41) is 4.23. The molecule has 0 saturated carbocycles. The first kappa shape index (κ1) is 16.5. The molecule has 1 aromatic carbocycles. The van der Waals surface area contributed by atoms with Gasteiger partial charge in [0.15, 0.2) is 0 Å². The number of methoxy groups -OCH3 is 2. The first-order valence-corrected chi connectivity index (χ1v) is 8.62. The molecule has 2 aromatic rings. The summed E-state index contributed by atoms with van der Waals surface area (Å²) in [5.41, 5.74) is 5.38. The number of ether oxygens (including phenoxy) is 2. The van der Waals surface area contributed by atoms with Gasteiger partial charge in [-0.3, -0.25) is 4.79 Å². The van der Waals surface area contributed by atoms with Gasteiger partial charge < -0.3 is 9.47 Å². The van der Waals surface area contributed by atoms with Gasteiger partial charge in [-0.15, -0.1) is 11.3 Å². The molecule has 6 heteroatoms. The highest BCUT2D eigenvalue weighted by Crippen LogP contribution is 2.30. The summed E-state index contributed by atoms with van der Waals surface area (Å²) in [6.07, 6.45) is 3.34. The van der Waals surface area contributed by atoms with Crippen molar-refractivity contribution in [1.29, 1.82) is 0 Å². The summed E-state index contributed by atoms with van der Waals surface area (Å²) >= 11 is 1.57. The minimum atomic E-state index is -0.171. The van der Waals surface area contributed by atoms with Crippen LogP contribution >= 0.6 is 11.3 Å². The average molecular weight is 344 g/mol. The molecule has 126 valence electrons. The zero-order valence-corrected chi connectivity index (χ0v) is 14.8. The lowest BCUT2D eigenvalue weighted by Crippen LogP contribution is -2.18. The van der Waals surface area contributed by atoms with Gasteiger partial charge in [0, 0.05) is 10.4 Å². The molecule has 0 spiro atoms. The lowest BCUT2D eigenvalue weighted by Gasteiger charge is -2.10. The Balaban J connectivity index is 1.77. The van der Waals surface area contributed by atoms with Gasteiger partial charge in [0.25, 0.3) is 5.91 Å². The number of rotatable bonds is 5. The monoisotopic (exact) mass is 344 g/mol. The van der Waals surface area contributed by atoms with E-state index in [9.17, 15) is 4.79 Å². The van der Waals surface area contributed by atoms with Crippen molar-refractivity contribution in [3.63, 3.8) is 0 Å². The number of benzene rings is 1. The summed E-state index contributed by atoms with van der Waals surface area (Å²) < 4.78 is 10.6. The maximum atomic E-state index is 12.3. The van der Waals surface area contributed by atoms with Crippen molar-refractivity contribution in [2.45, 2.75) is 26.2 Å². The molecule has 0 fully saturated rings. The molecule has 0 unspecified atom stereocenters. The van der Waals surface area contributed by atoms with Crippen LogP contribution in [0.5, 0.6) is 11.5 Å². The van der Waals surface area contributed by atoms with Crippen LogP contribution in [-0.4, -0.2) is 25.8 Å². The van der Waals surface area contributed by atoms with E-state index in [2.05, 4.69) is 10.5 Å². The van der Waals surface area contributed by atoms with Crippen LogP contribution in [-0.2, 0) is 12.8 Å². The third-order valence-electron chi connectivity index (χ3n) is 4.09. The standard InChI is InChI=1S/C18H20N2O3S/c1-11(14-10-13(22-2)7-8-15(14)23-3)19-20-18(21)17-9-12-5-4-6-16(12)24-17/h7-10H,4-6H2,1-3H3,(H,20,21)/b19-11-. The smallest absolute Gasteiger partial charge is 0.281 e. The number of nitrogens with one attached hydrogen (secondary N) is 1. The molecule has 1 aliphatic rings.